The van der Waals surface area contributed by atoms with Crippen LogP contribution in [0.15, 0.2) is 84.9 Å². The average molecular weight is 512 g/mol. The zero-order chi connectivity index (χ0) is 25.6. The molecular formula is C30H30ClN5O. The first kappa shape index (κ1) is 24.8. The highest BCUT2D eigenvalue weighted by molar-refractivity contribution is 6.30. The smallest absolute Gasteiger partial charge is 0.317 e. The number of amides is 2. The van der Waals surface area contributed by atoms with Gasteiger partial charge < -0.3 is 15.1 Å². The van der Waals surface area contributed by atoms with Crippen LogP contribution in [0.3, 0.4) is 0 Å². The number of rotatable bonds is 6. The van der Waals surface area contributed by atoms with E-state index in [4.69, 9.17) is 21.6 Å². The minimum Gasteiger partial charge on any atom is -0.353 e. The fourth-order valence-corrected chi connectivity index (χ4v) is 4.70. The van der Waals surface area contributed by atoms with Crippen LogP contribution in [0.1, 0.15) is 22.4 Å². The van der Waals surface area contributed by atoms with E-state index in [2.05, 4.69) is 17.1 Å². The maximum absolute atomic E-state index is 12.8. The molecule has 0 bridgehead atoms. The topological polar surface area (TPSA) is 61.4 Å². The Bertz CT molecular complexity index is 1340. The Morgan fingerprint density at radius 1 is 0.838 bits per heavy atom. The normalized spacial score (nSPS) is 13.5. The van der Waals surface area contributed by atoms with Crippen LogP contribution in [0.2, 0.25) is 5.02 Å². The summed E-state index contributed by atoms with van der Waals surface area (Å²) >= 11 is 6.11. The van der Waals surface area contributed by atoms with Gasteiger partial charge in [0.1, 0.15) is 5.82 Å². The number of nitrogens with zero attached hydrogens (tertiary/aromatic N) is 4. The lowest BCUT2D eigenvalue weighted by molar-refractivity contribution is 0.194. The van der Waals surface area contributed by atoms with Crippen LogP contribution in [0.4, 0.5) is 10.6 Å². The molecule has 0 unspecified atom stereocenters. The standard InChI is InChI=1S/C30H30ClN5O/c1-22-27(20-23-12-14-26(31)15-13-23)29(34-28(33-22)25-10-6-3-7-11-25)35-16-18-36(19-17-35)30(37)32-21-24-8-4-2-5-9-24/h2-15H,16-21H2,1H3,(H,32,37). The highest BCUT2D eigenvalue weighted by atomic mass is 35.5. The van der Waals surface area contributed by atoms with Crippen LogP contribution in [0.5, 0.6) is 0 Å². The molecule has 4 aromatic rings. The van der Waals surface area contributed by atoms with Gasteiger partial charge in [0.25, 0.3) is 0 Å². The lowest BCUT2D eigenvalue weighted by Gasteiger charge is -2.36. The number of aryl methyl sites for hydroxylation is 1. The summed E-state index contributed by atoms with van der Waals surface area (Å²) in [6.45, 7) is 5.25. The van der Waals surface area contributed by atoms with Gasteiger partial charge in [-0.15, -0.1) is 0 Å². The summed E-state index contributed by atoms with van der Waals surface area (Å²) in [6.07, 6.45) is 0.713. The van der Waals surface area contributed by atoms with Crippen molar-refractivity contribution in [2.24, 2.45) is 0 Å². The second-order valence-corrected chi connectivity index (χ2v) is 9.66. The van der Waals surface area contributed by atoms with Gasteiger partial charge in [-0.05, 0) is 30.2 Å². The van der Waals surface area contributed by atoms with Gasteiger partial charge in [0, 0.05) is 61.0 Å². The van der Waals surface area contributed by atoms with Gasteiger partial charge in [-0.1, -0.05) is 84.4 Å². The molecule has 1 N–H and O–H groups in total. The fourth-order valence-electron chi connectivity index (χ4n) is 4.58. The first-order chi connectivity index (χ1) is 18.1. The van der Waals surface area contributed by atoms with Crippen LogP contribution in [0.25, 0.3) is 11.4 Å². The van der Waals surface area contributed by atoms with Crippen LogP contribution < -0.4 is 10.2 Å². The molecule has 1 saturated heterocycles. The van der Waals surface area contributed by atoms with E-state index in [9.17, 15) is 4.79 Å². The molecule has 0 radical (unpaired) electrons. The summed E-state index contributed by atoms with van der Waals surface area (Å²) in [7, 11) is 0. The number of halogens is 1. The number of piperazine rings is 1. The molecule has 3 aromatic carbocycles. The van der Waals surface area contributed by atoms with Gasteiger partial charge in [0.05, 0.1) is 0 Å². The van der Waals surface area contributed by atoms with Crippen molar-refractivity contribution < 1.29 is 4.79 Å². The highest BCUT2D eigenvalue weighted by Gasteiger charge is 2.25. The van der Waals surface area contributed by atoms with Crippen molar-refractivity contribution in [1.82, 2.24) is 20.2 Å². The Kier molecular flexibility index (Phi) is 7.66. The maximum atomic E-state index is 12.8. The van der Waals surface area contributed by atoms with Gasteiger partial charge in [0.15, 0.2) is 5.82 Å². The Labute approximate surface area is 222 Å². The third-order valence-corrected chi connectivity index (χ3v) is 6.92. The molecule has 1 aromatic heterocycles. The first-order valence-corrected chi connectivity index (χ1v) is 12.9. The molecule has 37 heavy (non-hydrogen) atoms. The summed E-state index contributed by atoms with van der Waals surface area (Å²) in [4.78, 5) is 26.9. The minimum atomic E-state index is -0.0336. The second kappa shape index (κ2) is 11.4. The molecule has 2 heterocycles. The van der Waals surface area contributed by atoms with E-state index in [-0.39, 0.29) is 6.03 Å². The molecule has 0 aliphatic carbocycles. The molecule has 6 nitrogen and oxygen atoms in total. The second-order valence-electron chi connectivity index (χ2n) is 9.22. The SMILES string of the molecule is Cc1nc(-c2ccccc2)nc(N2CCN(C(=O)NCc3ccccc3)CC2)c1Cc1ccc(Cl)cc1. The van der Waals surface area contributed by atoms with E-state index >= 15 is 0 Å². The van der Waals surface area contributed by atoms with E-state index in [1.165, 1.54) is 0 Å². The summed E-state index contributed by atoms with van der Waals surface area (Å²) in [6, 6.07) is 27.9. The number of anilines is 1. The van der Waals surface area contributed by atoms with Gasteiger partial charge >= 0.3 is 6.03 Å². The molecule has 1 fully saturated rings. The monoisotopic (exact) mass is 511 g/mol. The van der Waals surface area contributed by atoms with E-state index < -0.39 is 0 Å². The van der Waals surface area contributed by atoms with Crippen molar-refractivity contribution in [3.05, 3.63) is 112 Å². The molecule has 1 aliphatic rings. The Balaban J connectivity index is 1.35. The summed E-state index contributed by atoms with van der Waals surface area (Å²) in [5.41, 5.74) is 5.30. The number of benzene rings is 3. The number of nitrogens with one attached hydrogen (secondary N) is 1. The largest absolute Gasteiger partial charge is 0.353 e. The Morgan fingerprint density at radius 2 is 1.49 bits per heavy atom. The maximum Gasteiger partial charge on any atom is 0.317 e. The molecule has 5 rings (SSSR count). The van der Waals surface area contributed by atoms with Crippen LogP contribution in [-0.4, -0.2) is 47.1 Å². The summed E-state index contributed by atoms with van der Waals surface area (Å²) < 4.78 is 0. The van der Waals surface area contributed by atoms with Crippen molar-refractivity contribution >= 4 is 23.4 Å². The summed E-state index contributed by atoms with van der Waals surface area (Å²) in [5, 5.41) is 3.76. The third-order valence-electron chi connectivity index (χ3n) is 6.67. The quantitative estimate of drug-likeness (QED) is 0.359. The molecular weight excluding hydrogens is 482 g/mol. The number of aromatic nitrogens is 2. The highest BCUT2D eigenvalue weighted by Crippen LogP contribution is 2.28. The first-order valence-electron chi connectivity index (χ1n) is 12.6. The number of carbonyl (C=O) groups excluding carboxylic acids is 1. The van der Waals surface area contributed by atoms with Crippen molar-refractivity contribution in [1.29, 1.82) is 0 Å². The lowest BCUT2D eigenvalue weighted by Crippen LogP contribution is -2.52. The molecule has 0 saturated carbocycles. The number of hydrogen-bond donors (Lipinski definition) is 1. The lowest BCUT2D eigenvalue weighted by atomic mass is 10.0. The zero-order valence-electron chi connectivity index (χ0n) is 20.9. The average Bonchev–Trinajstić information content (AvgIpc) is 2.95. The van der Waals surface area contributed by atoms with Gasteiger partial charge in [-0.25, -0.2) is 14.8 Å². The van der Waals surface area contributed by atoms with Gasteiger partial charge in [0.2, 0.25) is 0 Å². The van der Waals surface area contributed by atoms with Crippen molar-refractivity contribution in [3.8, 4) is 11.4 Å². The van der Waals surface area contributed by atoms with E-state index in [1.807, 2.05) is 89.8 Å². The minimum absolute atomic E-state index is 0.0336. The zero-order valence-corrected chi connectivity index (χ0v) is 21.7. The van der Waals surface area contributed by atoms with E-state index in [1.54, 1.807) is 0 Å². The Hall–Kier alpha value is -3.90. The van der Waals surface area contributed by atoms with E-state index in [0.29, 0.717) is 39.1 Å². The van der Waals surface area contributed by atoms with Gasteiger partial charge in [-0.2, -0.15) is 0 Å². The molecule has 0 spiro atoms. The fraction of sp³-hybridized carbons (Fsp3) is 0.233. The molecule has 1 aliphatic heterocycles. The summed E-state index contributed by atoms with van der Waals surface area (Å²) in [5.74, 6) is 1.65. The number of carbonyl (C=O) groups is 1. The number of urea groups is 1. The molecule has 0 atom stereocenters. The van der Waals surface area contributed by atoms with Crippen LogP contribution >= 0.6 is 11.6 Å². The molecule has 188 valence electrons. The van der Waals surface area contributed by atoms with Crippen molar-refractivity contribution in [2.45, 2.75) is 19.9 Å². The van der Waals surface area contributed by atoms with Crippen molar-refractivity contribution in [3.63, 3.8) is 0 Å². The van der Waals surface area contributed by atoms with Gasteiger partial charge in [-0.3, -0.25) is 0 Å². The van der Waals surface area contributed by atoms with Crippen molar-refractivity contribution in [2.75, 3.05) is 31.1 Å². The molecule has 2 amide bonds. The third kappa shape index (κ3) is 6.09. The predicted octanol–water partition coefficient (Wildman–Crippen LogP) is 5.73. The molecule has 7 heteroatoms. The predicted molar refractivity (Wildman–Crippen MR) is 149 cm³/mol. The van der Waals surface area contributed by atoms with E-state index in [0.717, 1.165) is 44.6 Å². The van der Waals surface area contributed by atoms with Crippen LogP contribution in [0, 0.1) is 6.92 Å². The number of hydrogen-bond acceptors (Lipinski definition) is 4. The van der Waals surface area contributed by atoms with Crippen LogP contribution in [-0.2, 0) is 13.0 Å². The Morgan fingerprint density at radius 3 is 2.16 bits per heavy atom.